The predicted octanol–water partition coefficient (Wildman–Crippen LogP) is 2.09. The number of halogens is 2. The van der Waals surface area contributed by atoms with E-state index in [0.717, 1.165) is 0 Å². The summed E-state index contributed by atoms with van der Waals surface area (Å²) in [6, 6.07) is 6.11. The number of esters is 1. The molecule has 0 bridgehead atoms. The van der Waals surface area contributed by atoms with Crippen LogP contribution >= 0.6 is 35.6 Å². The van der Waals surface area contributed by atoms with E-state index in [0.29, 0.717) is 50.0 Å². The number of ether oxygens (including phenoxy) is 1. The van der Waals surface area contributed by atoms with Gasteiger partial charge in [-0.15, -0.1) is 24.0 Å². The number of methoxy groups -OCH3 is 1. The third-order valence-electron chi connectivity index (χ3n) is 4.44. The van der Waals surface area contributed by atoms with Gasteiger partial charge in [-0.3, -0.25) is 9.79 Å². The smallest absolute Gasteiger partial charge is 0.308 e. The van der Waals surface area contributed by atoms with Gasteiger partial charge in [-0.1, -0.05) is 17.7 Å². The molecule has 1 aliphatic heterocycles. The number of nitrogens with zero attached hydrogens (tertiary/aromatic N) is 2. The summed E-state index contributed by atoms with van der Waals surface area (Å²) in [5.74, 6) is 0.471. The van der Waals surface area contributed by atoms with Gasteiger partial charge in [0, 0.05) is 31.2 Å². The summed E-state index contributed by atoms with van der Waals surface area (Å²) in [5, 5.41) is 3.58. The van der Waals surface area contributed by atoms with Crippen LogP contribution < -0.4 is 10.0 Å². The van der Waals surface area contributed by atoms with Crippen molar-refractivity contribution in [3.8, 4) is 0 Å². The van der Waals surface area contributed by atoms with E-state index in [1.807, 2.05) is 6.92 Å². The lowest BCUT2D eigenvalue weighted by Crippen LogP contribution is -2.47. The fourth-order valence-electron chi connectivity index (χ4n) is 2.98. The summed E-state index contributed by atoms with van der Waals surface area (Å²) in [6.45, 7) is 4.52. The number of benzene rings is 1. The molecule has 1 fully saturated rings. The number of nitrogens with one attached hydrogen (secondary N) is 2. The Kier molecular flexibility index (Phi) is 11.2. The lowest BCUT2D eigenvalue weighted by Gasteiger charge is -2.33. The van der Waals surface area contributed by atoms with E-state index < -0.39 is 10.0 Å². The highest BCUT2D eigenvalue weighted by Crippen LogP contribution is 2.18. The van der Waals surface area contributed by atoms with Crippen molar-refractivity contribution in [1.82, 2.24) is 14.9 Å². The summed E-state index contributed by atoms with van der Waals surface area (Å²) in [4.78, 5) is 18.4. The first-order valence-electron chi connectivity index (χ1n) is 9.23. The zero-order valence-electron chi connectivity index (χ0n) is 16.6. The summed E-state index contributed by atoms with van der Waals surface area (Å²) < 4.78 is 31.9. The van der Waals surface area contributed by atoms with E-state index in [2.05, 4.69) is 19.9 Å². The summed E-state index contributed by atoms with van der Waals surface area (Å²) >= 11 is 5.86. The number of likely N-dealkylation sites (tertiary alicyclic amines) is 1. The van der Waals surface area contributed by atoms with Gasteiger partial charge in [0.15, 0.2) is 5.96 Å². The number of carbonyl (C=O) groups is 1. The van der Waals surface area contributed by atoms with E-state index in [9.17, 15) is 13.2 Å². The molecular formula is C18H28ClIN4O4S. The molecule has 11 heteroatoms. The second-order valence-corrected chi connectivity index (χ2v) is 8.58. The molecule has 29 heavy (non-hydrogen) atoms. The Bertz CT molecular complexity index is 799. The first-order valence-corrected chi connectivity index (χ1v) is 11.1. The van der Waals surface area contributed by atoms with E-state index >= 15 is 0 Å². The average molecular weight is 559 g/mol. The number of hydrogen-bond acceptors (Lipinski definition) is 5. The molecule has 0 aromatic heterocycles. The van der Waals surface area contributed by atoms with Gasteiger partial charge in [0.05, 0.1) is 24.5 Å². The van der Waals surface area contributed by atoms with Crippen molar-refractivity contribution in [2.45, 2.75) is 24.7 Å². The van der Waals surface area contributed by atoms with Gasteiger partial charge in [0.1, 0.15) is 0 Å². The first-order chi connectivity index (χ1) is 13.4. The molecule has 0 spiro atoms. The minimum atomic E-state index is -3.63. The van der Waals surface area contributed by atoms with Crippen LogP contribution in [0.25, 0.3) is 0 Å². The molecule has 1 aliphatic rings. The molecular weight excluding hydrogens is 531 g/mol. The van der Waals surface area contributed by atoms with Crippen LogP contribution in [-0.4, -0.2) is 65.1 Å². The summed E-state index contributed by atoms with van der Waals surface area (Å²) in [7, 11) is -2.22. The summed E-state index contributed by atoms with van der Waals surface area (Å²) in [6.07, 6.45) is 1.41. The van der Waals surface area contributed by atoms with Gasteiger partial charge in [-0.05, 0) is 38.0 Å². The van der Waals surface area contributed by atoms with Gasteiger partial charge >= 0.3 is 5.97 Å². The van der Waals surface area contributed by atoms with Crippen LogP contribution in [0, 0.1) is 5.92 Å². The van der Waals surface area contributed by atoms with Crippen molar-refractivity contribution >= 4 is 57.5 Å². The normalized spacial score (nSPS) is 15.6. The van der Waals surface area contributed by atoms with Crippen LogP contribution in [0.3, 0.4) is 0 Å². The molecule has 1 aromatic rings. The Morgan fingerprint density at radius 3 is 2.62 bits per heavy atom. The van der Waals surface area contributed by atoms with Crippen LogP contribution in [-0.2, 0) is 19.6 Å². The maximum Gasteiger partial charge on any atom is 0.308 e. The molecule has 164 valence electrons. The van der Waals surface area contributed by atoms with Crippen molar-refractivity contribution in [3.63, 3.8) is 0 Å². The van der Waals surface area contributed by atoms with Crippen molar-refractivity contribution in [2.24, 2.45) is 10.9 Å². The Morgan fingerprint density at radius 2 is 2.03 bits per heavy atom. The predicted molar refractivity (Wildman–Crippen MR) is 124 cm³/mol. The number of carbonyl (C=O) groups excluding carboxylic acids is 1. The molecule has 1 heterocycles. The lowest BCUT2D eigenvalue weighted by atomic mass is 9.97. The van der Waals surface area contributed by atoms with Gasteiger partial charge in [-0.25, -0.2) is 13.1 Å². The molecule has 8 nitrogen and oxygen atoms in total. The molecule has 1 saturated heterocycles. The highest BCUT2D eigenvalue weighted by atomic mass is 127. The van der Waals surface area contributed by atoms with E-state index in [-0.39, 0.29) is 47.3 Å². The molecule has 0 amide bonds. The molecule has 0 saturated carbocycles. The van der Waals surface area contributed by atoms with Crippen LogP contribution in [0.1, 0.15) is 19.8 Å². The molecule has 0 aliphatic carbocycles. The minimum absolute atomic E-state index is 0. The standard InChI is InChI=1S/C18H27ClN4O4S.HI/c1-3-20-18(23-11-7-14(8-12-23)17(24)27-2)21-9-10-22-28(25,26)16-6-4-5-15(19)13-16;/h4-6,13-14,22H,3,7-12H2,1-2H3,(H,20,21);1H. The number of sulfonamides is 1. The van der Waals surface area contributed by atoms with Crippen molar-refractivity contribution in [3.05, 3.63) is 29.3 Å². The number of hydrogen-bond donors (Lipinski definition) is 2. The van der Waals surface area contributed by atoms with Gasteiger partial charge in [0.25, 0.3) is 0 Å². The first kappa shape index (κ1) is 25.9. The Morgan fingerprint density at radius 1 is 1.34 bits per heavy atom. The number of guanidine groups is 1. The van der Waals surface area contributed by atoms with Crippen molar-refractivity contribution < 1.29 is 17.9 Å². The van der Waals surface area contributed by atoms with Crippen LogP contribution in [0.15, 0.2) is 34.2 Å². The van der Waals surface area contributed by atoms with Crippen LogP contribution in [0.4, 0.5) is 0 Å². The molecule has 0 unspecified atom stereocenters. The fraction of sp³-hybridized carbons (Fsp3) is 0.556. The van der Waals surface area contributed by atoms with Crippen LogP contribution in [0.2, 0.25) is 5.02 Å². The van der Waals surface area contributed by atoms with Gasteiger partial charge < -0.3 is 15.0 Å². The van der Waals surface area contributed by atoms with Crippen molar-refractivity contribution in [1.29, 1.82) is 0 Å². The average Bonchev–Trinajstić information content (AvgIpc) is 2.70. The maximum absolute atomic E-state index is 12.3. The number of piperidine rings is 1. The highest BCUT2D eigenvalue weighted by molar-refractivity contribution is 14.0. The van der Waals surface area contributed by atoms with E-state index in [1.165, 1.54) is 19.2 Å². The van der Waals surface area contributed by atoms with E-state index in [4.69, 9.17) is 16.3 Å². The van der Waals surface area contributed by atoms with E-state index in [1.54, 1.807) is 12.1 Å². The number of aliphatic imine (C=N–C) groups is 1. The largest absolute Gasteiger partial charge is 0.469 e. The molecule has 2 N–H and O–H groups in total. The van der Waals surface area contributed by atoms with Crippen LogP contribution in [0.5, 0.6) is 0 Å². The molecule has 0 atom stereocenters. The second-order valence-electron chi connectivity index (χ2n) is 6.38. The lowest BCUT2D eigenvalue weighted by molar-refractivity contribution is -0.146. The minimum Gasteiger partial charge on any atom is -0.469 e. The third-order valence-corrected chi connectivity index (χ3v) is 6.13. The maximum atomic E-state index is 12.3. The SMILES string of the molecule is CCNC(=NCCNS(=O)(=O)c1cccc(Cl)c1)N1CCC(C(=O)OC)CC1.I. The molecule has 0 radical (unpaired) electrons. The second kappa shape index (κ2) is 12.6. The molecule has 2 rings (SSSR count). The molecule has 1 aromatic carbocycles. The third kappa shape index (κ3) is 7.91. The Balaban J connectivity index is 0.00000420. The Hall–Kier alpha value is -1.11. The topological polar surface area (TPSA) is 100 Å². The highest BCUT2D eigenvalue weighted by Gasteiger charge is 2.26. The monoisotopic (exact) mass is 558 g/mol. The van der Waals surface area contributed by atoms with Crippen molar-refractivity contribution in [2.75, 3.05) is 39.8 Å². The zero-order chi connectivity index (χ0) is 20.6. The summed E-state index contributed by atoms with van der Waals surface area (Å²) in [5.41, 5.74) is 0. The zero-order valence-corrected chi connectivity index (χ0v) is 20.5. The fourth-order valence-corrected chi connectivity index (χ4v) is 4.30. The van der Waals surface area contributed by atoms with Gasteiger partial charge in [0.2, 0.25) is 10.0 Å². The number of rotatable bonds is 7. The van der Waals surface area contributed by atoms with Gasteiger partial charge in [-0.2, -0.15) is 0 Å². The Labute approximate surface area is 194 Å². The quantitative estimate of drug-likeness (QED) is 0.175.